The van der Waals surface area contributed by atoms with Crippen LogP contribution < -0.4 is 10.3 Å². The van der Waals surface area contributed by atoms with Crippen molar-refractivity contribution >= 4 is 29.1 Å². The molecule has 2 rings (SSSR count). The maximum absolute atomic E-state index is 12.9. The number of amides is 3. The van der Waals surface area contributed by atoms with E-state index in [0.29, 0.717) is 24.5 Å². The number of hydrazone groups is 1. The number of rotatable bonds is 8. The van der Waals surface area contributed by atoms with Crippen LogP contribution in [0.15, 0.2) is 35.4 Å². The molecule has 7 heteroatoms. The molecule has 0 saturated carbocycles. The molecular weight excluding hydrogens is 332 g/mol. The van der Waals surface area contributed by atoms with Gasteiger partial charge in [-0.3, -0.25) is 14.4 Å². The summed E-state index contributed by atoms with van der Waals surface area (Å²) in [6, 6.07) is 9.03. The fourth-order valence-electron chi connectivity index (χ4n) is 2.68. The first kappa shape index (κ1) is 19.6. The first-order chi connectivity index (χ1) is 12.6. The third-order valence-corrected chi connectivity index (χ3v) is 3.97. The Balaban J connectivity index is 2.16. The SMILES string of the molecule is CCCNC(=O)CN(CCC)C(=O)C1=NN(c2ccccc2)C(=O)CC1. The zero-order valence-electron chi connectivity index (χ0n) is 15.4. The molecule has 0 radical (unpaired) electrons. The average molecular weight is 358 g/mol. The smallest absolute Gasteiger partial charge is 0.270 e. The molecule has 1 aliphatic rings. The van der Waals surface area contributed by atoms with E-state index in [9.17, 15) is 14.4 Å². The molecule has 1 N–H and O–H groups in total. The van der Waals surface area contributed by atoms with Crippen LogP contribution >= 0.6 is 0 Å². The van der Waals surface area contributed by atoms with Gasteiger partial charge in [-0.15, -0.1) is 0 Å². The molecule has 0 saturated heterocycles. The summed E-state index contributed by atoms with van der Waals surface area (Å²) in [5, 5.41) is 8.34. The summed E-state index contributed by atoms with van der Waals surface area (Å²) in [5.41, 5.74) is 0.940. The summed E-state index contributed by atoms with van der Waals surface area (Å²) >= 11 is 0. The Hall–Kier alpha value is -2.70. The van der Waals surface area contributed by atoms with Gasteiger partial charge in [0.05, 0.1) is 12.2 Å². The third-order valence-electron chi connectivity index (χ3n) is 3.97. The van der Waals surface area contributed by atoms with Crippen molar-refractivity contribution in [3.63, 3.8) is 0 Å². The van der Waals surface area contributed by atoms with Crippen molar-refractivity contribution in [3.8, 4) is 0 Å². The molecule has 3 amide bonds. The summed E-state index contributed by atoms with van der Waals surface area (Å²) in [5.74, 6) is -0.608. The molecule has 1 heterocycles. The fraction of sp³-hybridized carbons (Fsp3) is 0.474. The number of carbonyl (C=O) groups is 3. The van der Waals surface area contributed by atoms with Gasteiger partial charge in [0.1, 0.15) is 5.71 Å². The number of hydrogen-bond acceptors (Lipinski definition) is 4. The van der Waals surface area contributed by atoms with E-state index in [-0.39, 0.29) is 37.1 Å². The minimum atomic E-state index is -0.285. The van der Waals surface area contributed by atoms with Crippen LogP contribution in [0.25, 0.3) is 0 Å². The number of nitrogens with zero attached hydrogens (tertiary/aromatic N) is 3. The third kappa shape index (κ3) is 5.15. The topological polar surface area (TPSA) is 82.1 Å². The van der Waals surface area contributed by atoms with Gasteiger partial charge in [0.2, 0.25) is 11.8 Å². The zero-order valence-corrected chi connectivity index (χ0v) is 15.4. The Morgan fingerprint density at radius 2 is 1.88 bits per heavy atom. The molecule has 1 aromatic rings. The molecule has 26 heavy (non-hydrogen) atoms. The van der Waals surface area contributed by atoms with Gasteiger partial charge in [-0.2, -0.15) is 5.10 Å². The average Bonchev–Trinajstić information content (AvgIpc) is 2.66. The Morgan fingerprint density at radius 1 is 1.15 bits per heavy atom. The Bertz CT molecular complexity index is 673. The van der Waals surface area contributed by atoms with Gasteiger partial charge in [0.25, 0.3) is 5.91 Å². The van der Waals surface area contributed by atoms with Gasteiger partial charge < -0.3 is 10.2 Å². The van der Waals surface area contributed by atoms with Crippen molar-refractivity contribution in [2.75, 3.05) is 24.6 Å². The van der Waals surface area contributed by atoms with Crippen LogP contribution in [-0.2, 0) is 14.4 Å². The van der Waals surface area contributed by atoms with Gasteiger partial charge >= 0.3 is 0 Å². The van der Waals surface area contributed by atoms with Gasteiger partial charge in [0, 0.05) is 25.9 Å². The number of benzene rings is 1. The summed E-state index contributed by atoms with van der Waals surface area (Å²) < 4.78 is 0. The molecule has 0 atom stereocenters. The highest BCUT2D eigenvalue weighted by molar-refractivity contribution is 6.40. The van der Waals surface area contributed by atoms with Crippen LogP contribution in [0.2, 0.25) is 0 Å². The second-order valence-electron chi connectivity index (χ2n) is 6.16. The molecule has 1 aromatic carbocycles. The minimum absolute atomic E-state index is 0.00494. The van der Waals surface area contributed by atoms with Crippen LogP contribution in [0.5, 0.6) is 0 Å². The van der Waals surface area contributed by atoms with Crippen LogP contribution in [-0.4, -0.2) is 48.0 Å². The molecular formula is C19H26N4O3. The molecule has 0 spiro atoms. The summed E-state index contributed by atoms with van der Waals surface area (Å²) in [7, 11) is 0. The number of hydrogen-bond donors (Lipinski definition) is 1. The highest BCUT2D eigenvalue weighted by Gasteiger charge is 2.28. The summed E-state index contributed by atoms with van der Waals surface area (Å²) in [6.45, 7) is 4.99. The standard InChI is InChI=1S/C19H26N4O3/c1-3-12-20-17(24)14-22(13-4-2)19(26)16-10-11-18(25)23(21-16)15-8-6-5-7-9-15/h5-9H,3-4,10-14H2,1-2H3,(H,20,24). The van der Waals surface area contributed by atoms with Gasteiger partial charge in [-0.05, 0) is 25.0 Å². The summed E-state index contributed by atoms with van der Waals surface area (Å²) in [6.07, 6.45) is 2.09. The molecule has 0 aromatic heterocycles. The molecule has 0 fully saturated rings. The van der Waals surface area contributed by atoms with Gasteiger partial charge in [-0.1, -0.05) is 32.0 Å². The summed E-state index contributed by atoms with van der Waals surface area (Å²) in [4.78, 5) is 38.5. The highest BCUT2D eigenvalue weighted by Crippen LogP contribution is 2.20. The predicted molar refractivity (Wildman–Crippen MR) is 101 cm³/mol. The highest BCUT2D eigenvalue weighted by atomic mass is 16.2. The zero-order chi connectivity index (χ0) is 18.9. The molecule has 1 aliphatic heterocycles. The van der Waals surface area contributed by atoms with Crippen LogP contribution in [0.1, 0.15) is 39.5 Å². The molecule has 0 unspecified atom stereocenters. The van der Waals surface area contributed by atoms with E-state index in [1.165, 1.54) is 9.91 Å². The van der Waals surface area contributed by atoms with Crippen molar-refractivity contribution in [2.24, 2.45) is 5.10 Å². The van der Waals surface area contributed by atoms with E-state index in [2.05, 4.69) is 10.4 Å². The van der Waals surface area contributed by atoms with E-state index in [1.54, 1.807) is 12.1 Å². The second-order valence-corrected chi connectivity index (χ2v) is 6.16. The minimum Gasteiger partial charge on any atom is -0.355 e. The first-order valence-corrected chi connectivity index (χ1v) is 9.08. The molecule has 140 valence electrons. The monoisotopic (exact) mass is 358 g/mol. The lowest BCUT2D eigenvalue weighted by Crippen LogP contribution is -2.46. The molecule has 7 nitrogen and oxygen atoms in total. The van der Waals surface area contributed by atoms with E-state index >= 15 is 0 Å². The largest absolute Gasteiger partial charge is 0.355 e. The van der Waals surface area contributed by atoms with Crippen molar-refractivity contribution in [2.45, 2.75) is 39.5 Å². The van der Waals surface area contributed by atoms with Crippen LogP contribution in [0.3, 0.4) is 0 Å². The van der Waals surface area contributed by atoms with Crippen molar-refractivity contribution in [3.05, 3.63) is 30.3 Å². The van der Waals surface area contributed by atoms with Crippen molar-refractivity contribution in [1.82, 2.24) is 10.2 Å². The Kier molecular flexibility index (Phi) is 7.32. The number of anilines is 1. The number of nitrogens with one attached hydrogen (secondary N) is 1. The molecule has 0 bridgehead atoms. The van der Waals surface area contributed by atoms with Gasteiger partial charge in [-0.25, -0.2) is 5.01 Å². The first-order valence-electron chi connectivity index (χ1n) is 9.08. The lowest BCUT2D eigenvalue weighted by molar-refractivity contribution is -0.131. The van der Waals surface area contributed by atoms with Crippen molar-refractivity contribution < 1.29 is 14.4 Å². The normalized spacial score (nSPS) is 14.0. The van der Waals surface area contributed by atoms with Crippen molar-refractivity contribution in [1.29, 1.82) is 0 Å². The van der Waals surface area contributed by atoms with Crippen LogP contribution in [0, 0.1) is 0 Å². The Morgan fingerprint density at radius 3 is 2.54 bits per heavy atom. The predicted octanol–water partition coefficient (Wildman–Crippen LogP) is 1.93. The number of para-hydroxylation sites is 1. The quantitative estimate of drug-likeness (QED) is 0.771. The Labute approximate surface area is 154 Å². The second kappa shape index (κ2) is 9.70. The lowest BCUT2D eigenvalue weighted by Gasteiger charge is -2.27. The van der Waals surface area contributed by atoms with E-state index in [1.807, 2.05) is 32.0 Å². The molecule has 0 aliphatic carbocycles. The van der Waals surface area contributed by atoms with E-state index < -0.39 is 0 Å². The lowest BCUT2D eigenvalue weighted by atomic mass is 10.1. The number of carbonyl (C=O) groups excluding carboxylic acids is 3. The van der Waals surface area contributed by atoms with Gasteiger partial charge in [0.15, 0.2) is 0 Å². The maximum Gasteiger partial charge on any atom is 0.270 e. The van der Waals surface area contributed by atoms with E-state index in [4.69, 9.17) is 0 Å². The van der Waals surface area contributed by atoms with Crippen LogP contribution in [0.4, 0.5) is 5.69 Å². The van der Waals surface area contributed by atoms with E-state index in [0.717, 1.165) is 12.8 Å². The fourth-order valence-corrected chi connectivity index (χ4v) is 2.68. The maximum atomic E-state index is 12.9.